The molecule has 1 aliphatic carbocycles. The van der Waals surface area contributed by atoms with E-state index in [2.05, 4.69) is 31.5 Å². The third-order valence-electron chi connectivity index (χ3n) is 3.70. The van der Waals surface area contributed by atoms with Gasteiger partial charge in [-0.15, -0.1) is 0 Å². The van der Waals surface area contributed by atoms with Crippen LogP contribution in [-0.4, -0.2) is 9.55 Å². The topological polar surface area (TPSA) is 17.8 Å². The number of rotatable bonds is 0. The van der Waals surface area contributed by atoms with E-state index in [9.17, 15) is 0 Å². The van der Waals surface area contributed by atoms with Gasteiger partial charge in [-0.2, -0.15) is 0 Å². The van der Waals surface area contributed by atoms with Crippen molar-refractivity contribution in [3.8, 4) is 0 Å². The Morgan fingerprint density at radius 1 is 1.29 bits per heavy atom. The maximum atomic E-state index is 4.76. The van der Waals surface area contributed by atoms with Crippen LogP contribution in [0.4, 0.5) is 0 Å². The van der Waals surface area contributed by atoms with Gasteiger partial charge in [0.15, 0.2) is 0 Å². The van der Waals surface area contributed by atoms with Crippen LogP contribution in [0.3, 0.4) is 0 Å². The number of hydrogen-bond acceptors (Lipinski definition) is 1. The van der Waals surface area contributed by atoms with Crippen molar-refractivity contribution in [2.75, 3.05) is 0 Å². The monoisotopic (exact) mass is 190 g/mol. The molecule has 0 bridgehead atoms. The summed E-state index contributed by atoms with van der Waals surface area (Å²) in [6.45, 7) is 6.72. The van der Waals surface area contributed by atoms with Crippen LogP contribution < -0.4 is 0 Å². The lowest BCUT2D eigenvalue weighted by Gasteiger charge is -2.15. The summed E-state index contributed by atoms with van der Waals surface area (Å²) < 4.78 is 2.47. The van der Waals surface area contributed by atoms with Gasteiger partial charge in [-0.1, -0.05) is 20.8 Å². The summed E-state index contributed by atoms with van der Waals surface area (Å²) in [4.78, 5) is 4.76. The molecular formula is C12H18N2. The van der Waals surface area contributed by atoms with Crippen LogP contribution in [0, 0.1) is 0 Å². The largest absolute Gasteiger partial charge is 0.328 e. The summed E-state index contributed by atoms with van der Waals surface area (Å²) in [7, 11) is 0. The van der Waals surface area contributed by atoms with Gasteiger partial charge in [0.25, 0.3) is 0 Å². The first-order valence-electron chi connectivity index (χ1n) is 5.61. The minimum Gasteiger partial charge on any atom is -0.328 e. The lowest BCUT2D eigenvalue weighted by atomic mass is 9.93. The summed E-state index contributed by atoms with van der Waals surface area (Å²) in [6, 6.07) is 0. The second-order valence-corrected chi connectivity index (χ2v) is 5.89. The number of fused-ring (bicyclic) bond motifs is 2. The molecule has 1 aromatic heterocycles. The molecule has 0 amide bonds. The van der Waals surface area contributed by atoms with E-state index in [1.54, 1.807) is 0 Å². The molecule has 1 spiro atoms. The van der Waals surface area contributed by atoms with Crippen LogP contribution in [0.5, 0.6) is 0 Å². The van der Waals surface area contributed by atoms with Crippen molar-refractivity contribution < 1.29 is 0 Å². The van der Waals surface area contributed by atoms with Crippen LogP contribution >= 0.6 is 0 Å². The first-order chi connectivity index (χ1) is 6.51. The fourth-order valence-electron chi connectivity index (χ4n) is 2.47. The first-order valence-corrected chi connectivity index (χ1v) is 5.61. The van der Waals surface area contributed by atoms with Gasteiger partial charge in [0, 0.05) is 23.6 Å². The maximum Gasteiger partial charge on any atom is 0.109 e. The quantitative estimate of drug-likeness (QED) is 0.615. The van der Waals surface area contributed by atoms with Gasteiger partial charge >= 0.3 is 0 Å². The van der Waals surface area contributed by atoms with E-state index in [-0.39, 0.29) is 5.41 Å². The van der Waals surface area contributed by atoms with Crippen molar-refractivity contribution in [3.63, 3.8) is 0 Å². The zero-order valence-corrected chi connectivity index (χ0v) is 9.30. The molecule has 0 aromatic carbocycles. The molecule has 2 aliphatic rings. The SMILES string of the molecule is CC(C)(C)c1cn2c(n1)CCC21CC1. The van der Waals surface area contributed by atoms with Gasteiger partial charge in [-0.25, -0.2) is 4.98 Å². The van der Waals surface area contributed by atoms with Crippen molar-refractivity contribution in [3.05, 3.63) is 17.7 Å². The highest BCUT2D eigenvalue weighted by atomic mass is 15.2. The molecule has 0 atom stereocenters. The minimum absolute atomic E-state index is 0.202. The summed E-state index contributed by atoms with van der Waals surface area (Å²) >= 11 is 0. The average molecular weight is 190 g/mol. The summed E-state index contributed by atoms with van der Waals surface area (Å²) in [6.07, 6.45) is 7.57. The van der Waals surface area contributed by atoms with Crippen molar-refractivity contribution >= 4 is 0 Å². The fourth-order valence-corrected chi connectivity index (χ4v) is 2.47. The molecule has 0 N–H and O–H groups in total. The van der Waals surface area contributed by atoms with Crippen LogP contribution in [0.25, 0.3) is 0 Å². The second kappa shape index (κ2) is 2.23. The molecule has 1 aliphatic heterocycles. The Morgan fingerprint density at radius 2 is 2.00 bits per heavy atom. The highest BCUT2D eigenvalue weighted by molar-refractivity contribution is 5.22. The lowest BCUT2D eigenvalue weighted by molar-refractivity contribution is 0.503. The summed E-state index contributed by atoms with van der Waals surface area (Å²) in [5.74, 6) is 1.33. The molecule has 3 rings (SSSR count). The second-order valence-electron chi connectivity index (χ2n) is 5.89. The van der Waals surface area contributed by atoms with E-state index in [4.69, 9.17) is 4.98 Å². The standard InChI is InChI=1S/C12H18N2/c1-11(2,3)9-8-14-10(13-9)4-5-12(14)6-7-12/h8H,4-7H2,1-3H3. The van der Waals surface area contributed by atoms with Gasteiger partial charge in [-0.3, -0.25) is 0 Å². The van der Waals surface area contributed by atoms with E-state index in [1.165, 1.54) is 37.2 Å². The maximum absolute atomic E-state index is 4.76. The van der Waals surface area contributed by atoms with Gasteiger partial charge in [0.1, 0.15) is 5.82 Å². The minimum atomic E-state index is 0.202. The smallest absolute Gasteiger partial charge is 0.109 e. The van der Waals surface area contributed by atoms with Gasteiger partial charge in [0.05, 0.1) is 5.69 Å². The summed E-state index contributed by atoms with van der Waals surface area (Å²) in [5, 5.41) is 0. The molecule has 0 saturated heterocycles. The molecule has 1 aromatic rings. The predicted molar refractivity (Wildman–Crippen MR) is 56.5 cm³/mol. The highest BCUT2D eigenvalue weighted by Crippen LogP contribution is 2.52. The van der Waals surface area contributed by atoms with Crippen LogP contribution in [0.1, 0.15) is 51.6 Å². The highest BCUT2D eigenvalue weighted by Gasteiger charge is 2.49. The Kier molecular flexibility index (Phi) is 1.36. The molecule has 2 heteroatoms. The Hall–Kier alpha value is -0.790. The van der Waals surface area contributed by atoms with E-state index in [1.807, 2.05) is 0 Å². The van der Waals surface area contributed by atoms with Gasteiger partial charge < -0.3 is 4.57 Å². The average Bonchev–Trinajstić information content (AvgIpc) is 2.57. The molecule has 0 radical (unpaired) electrons. The Bertz CT molecular complexity index is 378. The molecule has 1 saturated carbocycles. The lowest BCUT2D eigenvalue weighted by Crippen LogP contribution is -2.13. The molecule has 76 valence electrons. The number of imidazole rings is 1. The van der Waals surface area contributed by atoms with Gasteiger partial charge in [-0.05, 0) is 19.3 Å². The zero-order chi connectivity index (χ0) is 9.97. The molecule has 2 nitrogen and oxygen atoms in total. The number of aryl methyl sites for hydroxylation is 1. The normalized spacial score (nSPS) is 22.8. The molecule has 14 heavy (non-hydrogen) atoms. The van der Waals surface area contributed by atoms with E-state index in [0.29, 0.717) is 5.54 Å². The molecule has 2 heterocycles. The number of hydrogen-bond donors (Lipinski definition) is 0. The molecule has 1 fully saturated rings. The third-order valence-corrected chi connectivity index (χ3v) is 3.70. The van der Waals surface area contributed by atoms with Crippen molar-refractivity contribution in [2.24, 2.45) is 0 Å². The first kappa shape index (κ1) is 8.51. The molecular weight excluding hydrogens is 172 g/mol. The van der Waals surface area contributed by atoms with Crippen molar-refractivity contribution in [2.45, 2.75) is 57.4 Å². The zero-order valence-electron chi connectivity index (χ0n) is 9.30. The number of aromatic nitrogens is 2. The van der Waals surface area contributed by atoms with Crippen LogP contribution in [0.15, 0.2) is 6.20 Å². The van der Waals surface area contributed by atoms with E-state index < -0.39 is 0 Å². The van der Waals surface area contributed by atoms with Crippen LogP contribution in [0.2, 0.25) is 0 Å². The fraction of sp³-hybridized carbons (Fsp3) is 0.750. The Morgan fingerprint density at radius 3 is 2.57 bits per heavy atom. The van der Waals surface area contributed by atoms with Crippen LogP contribution in [-0.2, 0) is 17.4 Å². The van der Waals surface area contributed by atoms with Crippen molar-refractivity contribution in [1.29, 1.82) is 0 Å². The van der Waals surface area contributed by atoms with Gasteiger partial charge in [0.2, 0.25) is 0 Å². The van der Waals surface area contributed by atoms with E-state index >= 15 is 0 Å². The summed E-state index contributed by atoms with van der Waals surface area (Å²) in [5.41, 5.74) is 1.98. The van der Waals surface area contributed by atoms with E-state index in [0.717, 1.165) is 0 Å². The predicted octanol–water partition coefficient (Wildman–Crippen LogP) is 2.62. The molecule has 0 unspecified atom stereocenters. The van der Waals surface area contributed by atoms with Crippen molar-refractivity contribution in [1.82, 2.24) is 9.55 Å². The third kappa shape index (κ3) is 0.999. The Balaban J connectivity index is 2.06. The number of nitrogens with zero attached hydrogens (tertiary/aromatic N) is 2. The Labute approximate surface area is 85.3 Å².